The molecule has 1 heteroatoms. The lowest BCUT2D eigenvalue weighted by Crippen LogP contribution is -2.33. The molecular weight excluding hydrogens is 184 g/mol. The zero-order valence-corrected chi connectivity index (χ0v) is 9.02. The van der Waals surface area contributed by atoms with Gasteiger partial charge in [0, 0.05) is 0 Å². The summed E-state index contributed by atoms with van der Waals surface area (Å²) >= 11 is 0. The molecule has 1 N–H and O–H groups in total. The van der Waals surface area contributed by atoms with Crippen LogP contribution >= 0.6 is 0 Å². The molecule has 0 aromatic heterocycles. The maximum absolute atomic E-state index is 10.7. The molecule has 1 nitrogen and oxygen atoms in total. The van der Waals surface area contributed by atoms with Crippen LogP contribution in [0.15, 0.2) is 30.3 Å². The van der Waals surface area contributed by atoms with Gasteiger partial charge in [-0.2, -0.15) is 0 Å². The summed E-state index contributed by atoms with van der Waals surface area (Å²) in [6, 6.07) is 10.2. The minimum atomic E-state index is -0.522. The van der Waals surface area contributed by atoms with Crippen LogP contribution in [0.1, 0.15) is 37.7 Å². The average Bonchev–Trinajstić information content (AvgIpc) is 2.60. The molecule has 2 bridgehead atoms. The van der Waals surface area contributed by atoms with Crippen molar-refractivity contribution in [1.29, 1.82) is 0 Å². The van der Waals surface area contributed by atoms with Crippen LogP contribution in [0.25, 0.3) is 0 Å². The van der Waals surface area contributed by atoms with Crippen molar-refractivity contribution in [2.24, 2.45) is 11.8 Å². The maximum atomic E-state index is 10.7. The zero-order valence-electron chi connectivity index (χ0n) is 9.02. The second-order valence-corrected chi connectivity index (χ2v) is 5.35. The van der Waals surface area contributed by atoms with Crippen molar-refractivity contribution >= 4 is 0 Å². The molecular formula is C14H18O. The molecule has 15 heavy (non-hydrogen) atoms. The fourth-order valence-electron chi connectivity index (χ4n) is 3.57. The third-order valence-electron chi connectivity index (χ3n) is 4.21. The quantitative estimate of drug-likeness (QED) is 0.742. The van der Waals surface area contributed by atoms with Crippen LogP contribution in [0.3, 0.4) is 0 Å². The third-order valence-corrected chi connectivity index (χ3v) is 4.21. The summed E-state index contributed by atoms with van der Waals surface area (Å²) in [5.41, 5.74) is 0.604. The molecule has 1 aromatic rings. The Morgan fingerprint density at radius 1 is 1.00 bits per heavy atom. The molecule has 0 heterocycles. The van der Waals surface area contributed by atoms with E-state index in [1.54, 1.807) is 0 Å². The molecule has 80 valence electrons. The van der Waals surface area contributed by atoms with E-state index in [2.05, 4.69) is 12.1 Å². The van der Waals surface area contributed by atoms with Gasteiger partial charge >= 0.3 is 0 Å². The predicted octanol–water partition coefficient (Wildman–Crippen LogP) is 3.08. The molecule has 2 unspecified atom stereocenters. The number of benzene rings is 1. The topological polar surface area (TPSA) is 20.2 Å². The first-order chi connectivity index (χ1) is 7.26. The van der Waals surface area contributed by atoms with Gasteiger partial charge in [0.25, 0.3) is 0 Å². The van der Waals surface area contributed by atoms with Crippen molar-refractivity contribution < 1.29 is 5.11 Å². The van der Waals surface area contributed by atoms with Gasteiger partial charge in [-0.15, -0.1) is 0 Å². The molecule has 2 aliphatic rings. The summed E-state index contributed by atoms with van der Waals surface area (Å²) in [5, 5.41) is 10.7. The van der Waals surface area contributed by atoms with Crippen molar-refractivity contribution in [3.05, 3.63) is 35.9 Å². The molecule has 0 amide bonds. The first-order valence-corrected chi connectivity index (χ1v) is 6.04. The molecule has 2 atom stereocenters. The highest BCUT2D eigenvalue weighted by Crippen LogP contribution is 2.50. The van der Waals surface area contributed by atoms with E-state index in [-0.39, 0.29) is 0 Å². The van der Waals surface area contributed by atoms with E-state index < -0.39 is 5.60 Å². The summed E-state index contributed by atoms with van der Waals surface area (Å²) in [5.74, 6) is 1.54. The molecule has 0 aliphatic heterocycles. The van der Waals surface area contributed by atoms with Gasteiger partial charge in [0.05, 0.1) is 5.60 Å². The predicted molar refractivity (Wildman–Crippen MR) is 60.4 cm³/mol. The largest absolute Gasteiger partial charge is 0.385 e. The summed E-state index contributed by atoms with van der Waals surface area (Å²) in [7, 11) is 0. The van der Waals surface area contributed by atoms with E-state index in [1.807, 2.05) is 18.2 Å². The Hall–Kier alpha value is -0.820. The van der Waals surface area contributed by atoms with Crippen LogP contribution in [0.5, 0.6) is 0 Å². The van der Waals surface area contributed by atoms with Crippen LogP contribution < -0.4 is 0 Å². The van der Waals surface area contributed by atoms with Gasteiger partial charge in [0.2, 0.25) is 0 Å². The number of aliphatic hydroxyl groups is 1. The van der Waals surface area contributed by atoms with Crippen molar-refractivity contribution in [2.75, 3.05) is 0 Å². The minimum Gasteiger partial charge on any atom is -0.385 e. The van der Waals surface area contributed by atoms with E-state index >= 15 is 0 Å². The fourth-order valence-corrected chi connectivity index (χ4v) is 3.57. The van der Waals surface area contributed by atoms with Gasteiger partial charge in [-0.05, 0) is 36.7 Å². The Bertz CT molecular complexity index is 332. The Labute approximate surface area is 91.1 Å². The lowest BCUT2D eigenvalue weighted by atomic mass is 9.74. The standard InChI is InChI=1S/C14H18O/c15-14(13-4-2-1-3-5-13)9-11-6-7-12(8-11)10-14/h1-5,11-12,15H,6-10H2. The first-order valence-electron chi connectivity index (χ1n) is 6.04. The highest BCUT2D eigenvalue weighted by molar-refractivity contribution is 5.23. The molecule has 2 aliphatic carbocycles. The lowest BCUT2D eigenvalue weighted by molar-refractivity contribution is -0.0255. The summed E-state index contributed by atoms with van der Waals surface area (Å²) in [4.78, 5) is 0. The molecule has 3 rings (SSSR count). The van der Waals surface area contributed by atoms with Crippen LogP contribution in [0, 0.1) is 11.8 Å². The number of fused-ring (bicyclic) bond motifs is 2. The fraction of sp³-hybridized carbons (Fsp3) is 0.571. The van der Waals surface area contributed by atoms with Crippen molar-refractivity contribution in [1.82, 2.24) is 0 Å². The van der Waals surface area contributed by atoms with Crippen molar-refractivity contribution in [3.63, 3.8) is 0 Å². The maximum Gasteiger partial charge on any atom is 0.0901 e. The Kier molecular flexibility index (Phi) is 2.10. The highest BCUT2D eigenvalue weighted by Gasteiger charge is 2.43. The normalized spacial score (nSPS) is 39.3. The Morgan fingerprint density at radius 3 is 2.20 bits per heavy atom. The van der Waals surface area contributed by atoms with E-state index in [0.29, 0.717) is 0 Å². The van der Waals surface area contributed by atoms with E-state index in [1.165, 1.54) is 19.3 Å². The zero-order chi connectivity index (χ0) is 10.3. The average molecular weight is 202 g/mol. The molecule has 2 saturated carbocycles. The lowest BCUT2D eigenvalue weighted by Gasteiger charge is -2.36. The first kappa shape index (κ1) is 9.41. The van der Waals surface area contributed by atoms with Crippen molar-refractivity contribution in [3.8, 4) is 0 Å². The van der Waals surface area contributed by atoms with E-state index in [9.17, 15) is 5.11 Å². The molecule has 0 saturated heterocycles. The second-order valence-electron chi connectivity index (χ2n) is 5.35. The van der Waals surface area contributed by atoms with Gasteiger partial charge in [-0.3, -0.25) is 0 Å². The minimum absolute atomic E-state index is 0.522. The number of hydrogen-bond acceptors (Lipinski definition) is 1. The molecule has 2 fully saturated rings. The van der Waals surface area contributed by atoms with Crippen molar-refractivity contribution in [2.45, 2.75) is 37.7 Å². The Morgan fingerprint density at radius 2 is 1.60 bits per heavy atom. The molecule has 1 aromatic carbocycles. The van der Waals surface area contributed by atoms with Crippen LogP contribution in [-0.4, -0.2) is 5.11 Å². The van der Waals surface area contributed by atoms with E-state index in [4.69, 9.17) is 0 Å². The number of rotatable bonds is 1. The van der Waals surface area contributed by atoms with Crippen LogP contribution in [-0.2, 0) is 5.60 Å². The van der Waals surface area contributed by atoms with Gasteiger partial charge in [-0.1, -0.05) is 43.2 Å². The van der Waals surface area contributed by atoms with Gasteiger partial charge in [-0.25, -0.2) is 0 Å². The summed E-state index contributed by atoms with van der Waals surface area (Å²) in [6.45, 7) is 0. The summed E-state index contributed by atoms with van der Waals surface area (Å²) in [6.07, 6.45) is 5.98. The van der Waals surface area contributed by atoms with E-state index in [0.717, 1.165) is 30.2 Å². The number of hydrogen-bond donors (Lipinski definition) is 1. The van der Waals surface area contributed by atoms with Gasteiger partial charge < -0.3 is 5.11 Å². The SMILES string of the molecule is OC1(c2ccccc2)CC2CCC(C2)C1. The molecule has 0 radical (unpaired) electrons. The molecule has 0 spiro atoms. The third kappa shape index (κ3) is 1.59. The van der Waals surface area contributed by atoms with Gasteiger partial charge in [0.15, 0.2) is 0 Å². The smallest absolute Gasteiger partial charge is 0.0901 e. The van der Waals surface area contributed by atoms with Gasteiger partial charge in [0.1, 0.15) is 0 Å². The Balaban J connectivity index is 1.91. The second kappa shape index (κ2) is 3.34. The van der Waals surface area contributed by atoms with Crippen LogP contribution in [0.4, 0.5) is 0 Å². The monoisotopic (exact) mass is 202 g/mol. The summed E-state index contributed by atoms with van der Waals surface area (Å²) < 4.78 is 0. The van der Waals surface area contributed by atoms with Crippen LogP contribution in [0.2, 0.25) is 0 Å². The highest BCUT2D eigenvalue weighted by atomic mass is 16.3.